The predicted octanol–water partition coefficient (Wildman–Crippen LogP) is 17.1. The smallest absolute Gasteiger partial charge is 0.347 e. The van der Waals surface area contributed by atoms with Gasteiger partial charge in [0.1, 0.15) is 35.2 Å². The van der Waals surface area contributed by atoms with Crippen LogP contribution in [0.15, 0.2) is 277 Å². The van der Waals surface area contributed by atoms with E-state index in [0.717, 1.165) is 80.6 Å². The van der Waals surface area contributed by atoms with E-state index < -0.39 is 37.6 Å². The number of aromatic amines is 2. The molecule has 25 heteroatoms. The third-order valence-corrected chi connectivity index (χ3v) is 28.9. The Morgan fingerprint density at radius 3 is 1.24 bits per heavy atom. The molecule has 129 heavy (non-hydrogen) atoms. The highest BCUT2D eigenvalue weighted by Gasteiger charge is 2.46. The summed E-state index contributed by atoms with van der Waals surface area (Å²) in [6, 6.07) is 80.0. The Labute approximate surface area is 769 Å². The average molecular weight is 1800 g/mol. The van der Waals surface area contributed by atoms with E-state index in [4.69, 9.17) is 23.4 Å². The molecule has 4 heterocycles. The number of aliphatic hydroxyl groups excluding tert-OH is 1. The number of hydrogen-bond donors (Lipinski definition) is 9. The molecule has 0 saturated carbocycles. The van der Waals surface area contributed by atoms with Crippen molar-refractivity contribution in [3.8, 4) is 23.0 Å². The molecular formula is C104H120N6O16S2Si. The summed E-state index contributed by atoms with van der Waals surface area (Å²) in [7, 11) is -2.20. The molecule has 0 unspecified atom stereocenters. The van der Waals surface area contributed by atoms with E-state index in [-0.39, 0.29) is 84.8 Å². The summed E-state index contributed by atoms with van der Waals surface area (Å²) in [6.07, 6.45) is 6.33. The lowest BCUT2D eigenvalue weighted by Crippen LogP contribution is -2.43. The number of H-pyrrole nitrogens is 2. The summed E-state index contributed by atoms with van der Waals surface area (Å²) in [6.45, 7) is 17.3. The second-order valence-corrected chi connectivity index (χ2v) is 39.2. The minimum Gasteiger partial charge on any atom is -0.506 e. The fourth-order valence-electron chi connectivity index (χ4n) is 16.1. The summed E-state index contributed by atoms with van der Waals surface area (Å²) < 4.78 is 31.2. The Morgan fingerprint density at radius 1 is 0.450 bits per heavy atom. The Balaban J connectivity index is 0.000000247. The second kappa shape index (κ2) is 46.1. The normalized spacial score (nSPS) is 14.8. The number of likely N-dealkylation sites (tertiary alicyclic amines) is 2. The number of fused-ring (bicyclic) bond motifs is 2. The minimum absolute atomic E-state index is 0. The van der Waals surface area contributed by atoms with Gasteiger partial charge in [-0.15, -0.1) is 0 Å². The summed E-state index contributed by atoms with van der Waals surface area (Å²) in [5.74, 6) is -0.873. The SMILES string of the molecule is CC(C)(C)[Si](C)(C)O[C@@H](CCCc1ccc(C(=O)NCCCOc2cccc([C@](O)(C(=O)OC3CCN(Cc4ccccc4)CC3)c3ccccc3)c2)cc1)c1ccc(O)c2[nH]c(=O)ccc12.O=C(NCCCOc1cccc([C@](O)(C(=O)OC2CCN(Cc3ccccc3)CC2)c2ccccc2)c1)c1ccc(CCC[C@H](O)c2ccc(O)c3[nH]c(=O)ccc23)cc1.S.S. The predicted molar refractivity (Wildman–Crippen MR) is 516 cm³/mol. The van der Waals surface area contributed by atoms with Crippen LogP contribution in [0.2, 0.25) is 18.1 Å². The first-order valence-electron chi connectivity index (χ1n) is 44.0. The minimum atomic E-state index is -2.20. The van der Waals surface area contributed by atoms with Crippen molar-refractivity contribution < 1.29 is 68.1 Å². The Bertz CT molecular complexity index is 5780. The quantitative estimate of drug-likeness (QED) is 0.0100. The van der Waals surface area contributed by atoms with Crippen LogP contribution >= 0.6 is 27.0 Å². The van der Waals surface area contributed by atoms with Crippen molar-refractivity contribution in [1.29, 1.82) is 0 Å². The molecule has 14 rings (SSSR count). The number of aromatic nitrogens is 2. The van der Waals surface area contributed by atoms with Crippen LogP contribution in [0, 0.1) is 0 Å². The van der Waals surface area contributed by atoms with Crippen molar-refractivity contribution in [1.82, 2.24) is 30.4 Å². The molecule has 0 bridgehead atoms. The molecule has 2 aromatic heterocycles. The number of aromatic hydroxyl groups is 2. The van der Waals surface area contributed by atoms with Crippen molar-refractivity contribution in [2.45, 2.75) is 165 Å². The third-order valence-electron chi connectivity index (χ3n) is 24.4. The van der Waals surface area contributed by atoms with Gasteiger partial charge in [-0.05, 0) is 212 Å². The van der Waals surface area contributed by atoms with Gasteiger partial charge in [-0.25, -0.2) is 9.59 Å². The first-order valence-corrected chi connectivity index (χ1v) is 47.0. The number of nitrogens with zero attached hydrogens (tertiary/aromatic N) is 2. The zero-order valence-electron chi connectivity index (χ0n) is 73.9. The molecule has 2 aliphatic rings. The van der Waals surface area contributed by atoms with E-state index >= 15 is 0 Å². The fraction of sp³-hybridized carbons (Fsp3) is 0.327. The lowest BCUT2D eigenvalue weighted by atomic mass is 9.86. The van der Waals surface area contributed by atoms with Crippen LogP contribution in [0.25, 0.3) is 21.8 Å². The summed E-state index contributed by atoms with van der Waals surface area (Å²) in [4.78, 5) is 87.8. The standard InChI is InChI=1S/C55H65N3O8Si.C49H51N3O8.2H2S/c1-54(2,3)67(4,5)66-49(46-27-29-48(59)51-47(46)28-30-50(60)57-51)22-12-17-39-23-25-41(26-24-39)52(61)56-33-14-36-64-45-21-13-20-43(37-45)55(63,42-18-10-7-11-19-42)53(62)65-44-31-34-58(35-32-44)38-40-15-8-6-9-16-40;53-43(41-22-24-44(54)46-42(41)23-25-45(55)51-46)17-7-12-34-18-20-36(21-19-34)47(56)50-28-9-31-59-40-16-8-15-38(32-40)49(58,37-13-5-2-6-14-37)48(57)60-39-26-29-52(30-27-39)33-35-10-3-1-4-11-35;;/h6-11,13,15-16,18-21,23-30,37,44,49,59,63H,12,14,17,22,31-36,38H2,1-5H3,(H,56,61)(H,57,60);1-6,8,10-11,13-16,18-25,32,39,43,53-54,58H,7,9,12,17,26-31,33H2,(H,50,56)(H,51,55);2*1H2/t49-,55-;43-,49-;;/m00../s1. The molecule has 22 nitrogen and oxygen atoms in total. The maximum Gasteiger partial charge on any atom is 0.347 e. The lowest BCUT2D eigenvalue weighted by molar-refractivity contribution is -0.170. The van der Waals surface area contributed by atoms with Crippen molar-refractivity contribution in [3.05, 3.63) is 354 Å². The number of carbonyl (C=O) groups excluding carboxylic acids is 4. The number of aliphatic hydroxyl groups is 3. The van der Waals surface area contributed by atoms with Gasteiger partial charge in [0.2, 0.25) is 22.3 Å². The molecule has 4 atom stereocenters. The number of esters is 2. The molecule has 0 spiro atoms. The van der Waals surface area contributed by atoms with Crippen molar-refractivity contribution in [3.63, 3.8) is 0 Å². The monoisotopic (exact) mass is 1800 g/mol. The number of carbonyl (C=O) groups is 4. The van der Waals surface area contributed by atoms with Crippen LogP contribution in [-0.4, -0.2) is 142 Å². The number of phenolic OH excluding ortho intramolecular Hbond substituents is 2. The molecule has 2 amide bonds. The molecule has 2 fully saturated rings. The highest BCUT2D eigenvalue weighted by atomic mass is 32.1. The van der Waals surface area contributed by atoms with Crippen LogP contribution in [0.5, 0.6) is 23.0 Å². The van der Waals surface area contributed by atoms with Crippen LogP contribution in [0.3, 0.4) is 0 Å². The first kappa shape index (κ1) is 98.0. The number of benzene rings is 10. The van der Waals surface area contributed by atoms with E-state index in [2.05, 4.69) is 88.5 Å². The zero-order valence-corrected chi connectivity index (χ0v) is 76.9. The highest BCUT2D eigenvalue weighted by molar-refractivity contribution is 7.59. The van der Waals surface area contributed by atoms with E-state index in [0.29, 0.717) is 151 Å². The van der Waals surface area contributed by atoms with Crippen molar-refractivity contribution >= 4 is 80.9 Å². The maximum atomic E-state index is 14.0. The molecule has 12 aromatic rings. The van der Waals surface area contributed by atoms with Crippen LogP contribution in [-0.2, 0) is 60.6 Å². The van der Waals surface area contributed by atoms with Gasteiger partial charge in [0.05, 0.1) is 36.5 Å². The number of hydrogen-bond acceptors (Lipinski definition) is 18. The molecule has 0 aliphatic carbocycles. The Hall–Kier alpha value is -11.6. The number of nitrogens with one attached hydrogen (secondary N) is 4. The number of phenols is 2. The van der Waals surface area contributed by atoms with E-state index in [9.17, 15) is 54.3 Å². The summed E-state index contributed by atoms with van der Waals surface area (Å²) in [5, 5.41) is 63.2. The maximum absolute atomic E-state index is 14.0. The molecule has 10 aromatic carbocycles. The van der Waals surface area contributed by atoms with Crippen LogP contribution in [0.1, 0.15) is 174 Å². The van der Waals surface area contributed by atoms with Crippen LogP contribution < -0.4 is 31.2 Å². The van der Waals surface area contributed by atoms with E-state index in [1.165, 1.54) is 29.3 Å². The number of pyridine rings is 2. The van der Waals surface area contributed by atoms with E-state index in [1.807, 2.05) is 91.0 Å². The summed E-state index contributed by atoms with van der Waals surface area (Å²) in [5.41, 5.74) is 4.83. The van der Waals surface area contributed by atoms with Crippen molar-refractivity contribution in [2.75, 3.05) is 52.5 Å². The molecular weight excluding hydrogens is 1680 g/mol. The van der Waals surface area contributed by atoms with Gasteiger partial charge in [-0.2, -0.15) is 27.0 Å². The second-order valence-electron chi connectivity index (χ2n) is 34.5. The van der Waals surface area contributed by atoms with Gasteiger partial charge in [0, 0.05) is 97.5 Å². The largest absolute Gasteiger partial charge is 0.506 e. The third kappa shape index (κ3) is 25.9. The lowest BCUT2D eigenvalue weighted by Gasteiger charge is -2.39. The van der Waals surface area contributed by atoms with Gasteiger partial charge < -0.3 is 69.5 Å². The zero-order chi connectivity index (χ0) is 89.5. The van der Waals surface area contributed by atoms with Crippen LogP contribution in [0.4, 0.5) is 0 Å². The average Bonchev–Trinajstić information content (AvgIpc) is 0.774. The van der Waals surface area contributed by atoms with Gasteiger partial charge in [0.15, 0.2) is 8.32 Å². The number of amides is 2. The molecule has 0 radical (unpaired) electrons. The highest BCUT2D eigenvalue weighted by Crippen LogP contribution is 2.44. The van der Waals surface area contributed by atoms with Gasteiger partial charge >= 0.3 is 11.9 Å². The number of aryl methyl sites for hydroxylation is 2. The fourth-order valence-corrected chi connectivity index (χ4v) is 17.4. The molecule has 9 N–H and O–H groups in total. The van der Waals surface area contributed by atoms with E-state index in [1.54, 1.807) is 133 Å². The molecule has 2 saturated heterocycles. The number of piperidine rings is 2. The number of rotatable bonds is 36. The van der Waals surface area contributed by atoms with Crippen molar-refractivity contribution in [2.24, 2.45) is 0 Å². The topological polar surface area (TPSA) is 312 Å². The molecule has 678 valence electrons. The Morgan fingerprint density at radius 2 is 0.829 bits per heavy atom. The van der Waals surface area contributed by atoms with Gasteiger partial charge in [-0.3, -0.25) is 29.0 Å². The Kier molecular flexibility index (Phi) is 35.0. The van der Waals surface area contributed by atoms with Gasteiger partial charge in [0.25, 0.3) is 11.8 Å². The molecule has 2 aliphatic heterocycles. The van der Waals surface area contributed by atoms with Gasteiger partial charge in [-0.1, -0.05) is 203 Å². The summed E-state index contributed by atoms with van der Waals surface area (Å²) >= 11 is 0. The first-order chi connectivity index (χ1) is 61.3. The number of ether oxygens (including phenoxy) is 4.